The molecule has 2 heterocycles. The second kappa shape index (κ2) is 14.4. The molecule has 2 aromatic carbocycles. The highest BCUT2D eigenvalue weighted by Gasteiger charge is 2.35. The van der Waals surface area contributed by atoms with E-state index in [-0.39, 0.29) is 42.1 Å². The van der Waals surface area contributed by atoms with E-state index in [1.807, 2.05) is 30.3 Å². The Labute approximate surface area is 261 Å². The molecule has 1 amide bonds. The fraction of sp³-hybridized carbons (Fsp3) is 0.500. The lowest BCUT2D eigenvalue weighted by molar-refractivity contribution is -0.185. The summed E-state index contributed by atoms with van der Waals surface area (Å²) < 4.78 is 70.2. The zero-order chi connectivity index (χ0) is 32.0. The standard InChI is InChI=1S/C28H37N5O10S2/c1-44(36,37)32-27-29-22-12-11-21(16-23(22)30-27)45(38,39)33(43-20-9-5-6-10-20)17-25(34)24(15-19-7-3-2-4-8-19)31-28(35)42-26-18-40-13-14-41-26/h2-4,7-8,11-12,16,20,24-26,34H,5-6,9-10,13-15,17-18H2,1H3,(H,31,35)(H2,29,30,32)/t24-,25+,26?/m0/s1. The molecule has 246 valence electrons. The summed E-state index contributed by atoms with van der Waals surface area (Å²) in [5.74, 6) is -0.0663. The number of amides is 1. The van der Waals surface area contributed by atoms with Crippen molar-refractivity contribution in [3.8, 4) is 0 Å². The van der Waals surface area contributed by atoms with Crippen LogP contribution in [0.25, 0.3) is 11.0 Å². The summed E-state index contributed by atoms with van der Waals surface area (Å²) in [7, 11) is -8.00. The Bertz CT molecular complexity index is 1660. The van der Waals surface area contributed by atoms with E-state index in [1.165, 1.54) is 18.2 Å². The van der Waals surface area contributed by atoms with Gasteiger partial charge in [0.05, 0.1) is 60.2 Å². The predicted molar refractivity (Wildman–Crippen MR) is 162 cm³/mol. The van der Waals surface area contributed by atoms with Gasteiger partial charge in [0.25, 0.3) is 10.0 Å². The first-order valence-electron chi connectivity index (χ1n) is 14.5. The van der Waals surface area contributed by atoms with Crippen LogP contribution in [0.4, 0.5) is 10.7 Å². The molecular formula is C28H37N5O10S2. The number of hydrogen-bond donors (Lipinski definition) is 4. The second-order valence-electron chi connectivity index (χ2n) is 10.9. The largest absolute Gasteiger partial charge is 0.417 e. The Morgan fingerprint density at radius 3 is 2.58 bits per heavy atom. The number of anilines is 1. The first kappa shape index (κ1) is 33.1. The number of H-pyrrole nitrogens is 1. The molecule has 0 spiro atoms. The monoisotopic (exact) mass is 667 g/mol. The smallest absolute Gasteiger partial charge is 0.409 e. The van der Waals surface area contributed by atoms with Crippen LogP contribution in [-0.4, -0.2) is 99.6 Å². The van der Waals surface area contributed by atoms with E-state index in [0.717, 1.165) is 29.1 Å². The van der Waals surface area contributed by atoms with Gasteiger partial charge in [0.2, 0.25) is 22.3 Å². The number of carbonyl (C=O) groups is 1. The zero-order valence-corrected chi connectivity index (χ0v) is 26.3. The highest BCUT2D eigenvalue weighted by Crippen LogP contribution is 2.28. The first-order valence-corrected chi connectivity index (χ1v) is 17.8. The highest BCUT2D eigenvalue weighted by atomic mass is 32.2. The molecule has 0 bridgehead atoms. The molecule has 5 rings (SSSR count). The van der Waals surface area contributed by atoms with Gasteiger partial charge in [-0.1, -0.05) is 47.6 Å². The Balaban J connectivity index is 1.39. The van der Waals surface area contributed by atoms with E-state index < -0.39 is 51.1 Å². The minimum absolute atomic E-state index is 0.0626. The van der Waals surface area contributed by atoms with Crippen LogP contribution < -0.4 is 10.0 Å². The molecule has 0 radical (unpaired) electrons. The number of aliphatic hydroxyl groups is 1. The molecular weight excluding hydrogens is 630 g/mol. The first-order chi connectivity index (χ1) is 21.5. The Morgan fingerprint density at radius 2 is 1.89 bits per heavy atom. The number of aliphatic hydroxyl groups excluding tert-OH is 1. The van der Waals surface area contributed by atoms with Crippen molar-refractivity contribution >= 4 is 43.1 Å². The molecule has 1 aromatic heterocycles. The summed E-state index contributed by atoms with van der Waals surface area (Å²) in [6.45, 7) is 0.196. The summed E-state index contributed by atoms with van der Waals surface area (Å²) >= 11 is 0. The molecule has 1 unspecified atom stereocenters. The minimum Gasteiger partial charge on any atom is -0.417 e. The molecule has 17 heteroatoms. The fourth-order valence-corrected chi connectivity index (χ4v) is 6.89. The predicted octanol–water partition coefficient (Wildman–Crippen LogP) is 1.87. The third-order valence-corrected chi connectivity index (χ3v) is 9.48. The summed E-state index contributed by atoms with van der Waals surface area (Å²) in [6.07, 6.45) is 0.558. The summed E-state index contributed by atoms with van der Waals surface area (Å²) in [5, 5.41) is 14.1. The number of rotatable bonds is 13. The quantitative estimate of drug-likeness (QED) is 0.194. The fourth-order valence-electron chi connectivity index (χ4n) is 5.12. The average molecular weight is 668 g/mol. The molecule has 45 heavy (non-hydrogen) atoms. The number of sulfonamides is 2. The number of carbonyl (C=O) groups excluding carboxylic acids is 1. The van der Waals surface area contributed by atoms with Gasteiger partial charge in [0.15, 0.2) is 0 Å². The molecule has 4 N–H and O–H groups in total. The van der Waals surface area contributed by atoms with E-state index in [1.54, 1.807) is 0 Å². The van der Waals surface area contributed by atoms with Crippen LogP contribution in [0.15, 0.2) is 53.4 Å². The van der Waals surface area contributed by atoms with Crippen molar-refractivity contribution in [1.29, 1.82) is 0 Å². The van der Waals surface area contributed by atoms with Gasteiger partial charge < -0.3 is 29.6 Å². The van der Waals surface area contributed by atoms with Gasteiger partial charge in [0.1, 0.15) is 6.61 Å². The highest BCUT2D eigenvalue weighted by molar-refractivity contribution is 7.92. The number of alkyl carbamates (subject to hydrolysis) is 1. The normalized spacial score (nSPS) is 19.4. The third kappa shape index (κ3) is 9.12. The van der Waals surface area contributed by atoms with Crippen LogP contribution in [0.2, 0.25) is 0 Å². The SMILES string of the molecule is CS(=O)(=O)Nc1nc2ccc(S(=O)(=O)N(C[C@@H](O)[C@H](Cc3ccccc3)NC(=O)OC3COCCO3)OC3CCCC3)cc2[nH]1. The number of aromatic amines is 1. The molecule has 2 aliphatic rings. The lowest BCUT2D eigenvalue weighted by Crippen LogP contribution is -2.52. The maximum absolute atomic E-state index is 14.0. The van der Waals surface area contributed by atoms with E-state index in [0.29, 0.717) is 25.0 Å². The zero-order valence-electron chi connectivity index (χ0n) is 24.6. The molecule has 1 aliphatic carbocycles. The van der Waals surface area contributed by atoms with E-state index >= 15 is 0 Å². The van der Waals surface area contributed by atoms with Crippen molar-refractivity contribution in [3.63, 3.8) is 0 Å². The lowest BCUT2D eigenvalue weighted by Gasteiger charge is -2.31. The van der Waals surface area contributed by atoms with Crippen LogP contribution in [0.3, 0.4) is 0 Å². The van der Waals surface area contributed by atoms with Crippen LogP contribution in [0, 0.1) is 0 Å². The summed E-state index contributed by atoms with van der Waals surface area (Å²) in [4.78, 5) is 25.5. The van der Waals surface area contributed by atoms with Crippen molar-refractivity contribution in [2.75, 3.05) is 37.3 Å². The van der Waals surface area contributed by atoms with Crippen molar-refractivity contribution in [3.05, 3.63) is 54.1 Å². The molecule has 2 fully saturated rings. The van der Waals surface area contributed by atoms with Gasteiger partial charge in [-0.2, -0.15) is 0 Å². The summed E-state index contributed by atoms with van der Waals surface area (Å²) in [5.41, 5.74) is 1.39. The molecule has 1 saturated carbocycles. The number of imidazole rings is 1. The molecule has 1 aliphatic heterocycles. The van der Waals surface area contributed by atoms with Crippen molar-refractivity contribution in [2.24, 2.45) is 0 Å². The van der Waals surface area contributed by atoms with Gasteiger partial charge in [0, 0.05) is 0 Å². The van der Waals surface area contributed by atoms with E-state index in [2.05, 4.69) is 20.0 Å². The Kier molecular flexibility index (Phi) is 10.6. The number of fused-ring (bicyclic) bond motifs is 1. The van der Waals surface area contributed by atoms with Gasteiger partial charge in [-0.25, -0.2) is 26.6 Å². The van der Waals surface area contributed by atoms with Crippen LogP contribution in [0.1, 0.15) is 31.2 Å². The number of aromatic nitrogens is 2. The number of ether oxygens (including phenoxy) is 3. The van der Waals surface area contributed by atoms with E-state index in [4.69, 9.17) is 19.0 Å². The number of hydrogen-bond acceptors (Lipinski definition) is 11. The third-order valence-electron chi connectivity index (χ3n) is 7.30. The molecule has 3 atom stereocenters. The van der Waals surface area contributed by atoms with Crippen molar-refractivity contribution in [2.45, 2.75) is 61.5 Å². The van der Waals surface area contributed by atoms with Crippen LogP contribution >= 0.6 is 0 Å². The van der Waals surface area contributed by atoms with Crippen LogP contribution in [0.5, 0.6) is 0 Å². The van der Waals surface area contributed by atoms with Gasteiger partial charge in [-0.05, 0) is 43.0 Å². The molecule has 3 aromatic rings. The number of hydroxylamine groups is 1. The maximum atomic E-state index is 14.0. The number of nitrogens with zero attached hydrogens (tertiary/aromatic N) is 2. The second-order valence-corrected chi connectivity index (χ2v) is 14.5. The van der Waals surface area contributed by atoms with Gasteiger partial charge in [-0.3, -0.25) is 9.56 Å². The number of benzene rings is 2. The molecule has 15 nitrogen and oxygen atoms in total. The minimum atomic E-state index is -4.37. The summed E-state index contributed by atoms with van der Waals surface area (Å²) in [6, 6.07) is 12.2. The van der Waals surface area contributed by atoms with Crippen molar-refractivity contribution in [1.82, 2.24) is 19.8 Å². The van der Waals surface area contributed by atoms with Gasteiger partial charge >= 0.3 is 6.09 Å². The van der Waals surface area contributed by atoms with Crippen molar-refractivity contribution < 1.29 is 45.8 Å². The topological polar surface area (TPSA) is 198 Å². The lowest BCUT2D eigenvalue weighted by atomic mass is 10.0. The van der Waals surface area contributed by atoms with Gasteiger partial charge in [-0.15, -0.1) is 0 Å². The average Bonchev–Trinajstić information content (AvgIpc) is 3.65. The maximum Gasteiger partial charge on any atom is 0.409 e. The van der Waals surface area contributed by atoms with E-state index in [9.17, 15) is 26.7 Å². The Morgan fingerprint density at radius 1 is 1.13 bits per heavy atom. The number of nitrogens with one attached hydrogen (secondary N) is 3. The molecule has 1 saturated heterocycles. The Hall–Kier alpha value is -3.32. The van der Waals surface area contributed by atoms with Crippen LogP contribution in [-0.2, 0) is 45.5 Å².